The molecule has 2 atom stereocenters. The number of rotatable bonds is 5. The minimum Gasteiger partial charge on any atom is -0.468 e. The predicted octanol–water partition coefficient (Wildman–Crippen LogP) is 4.35. The van der Waals surface area contributed by atoms with Crippen molar-refractivity contribution in [3.63, 3.8) is 0 Å². The van der Waals surface area contributed by atoms with Gasteiger partial charge in [-0.1, -0.05) is 91.0 Å². The number of ketones is 2. The Morgan fingerprint density at radius 3 is 1.92 bits per heavy atom. The maximum absolute atomic E-state index is 14.6. The zero-order chi connectivity index (χ0) is 26.2. The first kappa shape index (κ1) is 24.1. The van der Waals surface area contributed by atoms with Crippen molar-refractivity contribution >= 4 is 35.2 Å². The summed E-state index contributed by atoms with van der Waals surface area (Å²) in [7, 11) is 2.37. The zero-order valence-corrected chi connectivity index (χ0v) is 20.4. The Morgan fingerprint density at radius 2 is 1.35 bits per heavy atom. The number of methoxy groups -OCH3 is 2. The molecule has 2 aliphatic carbocycles. The van der Waals surface area contributed by atoms with E-state index in [-0.39, 0.29) is 28.9 Å². The molecule has 3 aromatic carbocycles. The number of hydrogen-bond donors (Lipinski definition) is 0. The average molecular weight is 493 g/mol. The molecule has 0 saturated heterocycles. The summed E-state index contributed by atoms with van der Waals surface area (Å²) in [6.45, 7) is 0. The van der Waals surface area contributed by atoms with E-state index in [9.17, 15) is 19.2 Å². The Hall–Kier alpha value is -4.58. The summed E-state index contributed by atoms with van der Waals surface area (Å²) in [5.74, 6) is -2.95. The lowest BCUT2D eigenvalue weighted by Gasteiger charge is -2.39. The van der Waals surface area contributed by atoms with E-state index in [1.807, 2.05) is 12.1 Å². The van der Waals surface area contributed by atoms with Crippen LogP contribution in [0.25, 0.3) is 11.6 Å². The lowest BCUT2D eigenvalue weighted by Crippen LogP contribution is -2.51. The van der Waals surface area contributed by atoms with Gasteiger partial charge in [-0.15, -0.1) is 0 Å². The normalized spacial score (nSPS) is 23.8. The van der Waals surface area contributed by atoms with Crippen LogP contribution >= 0.6 is 0 Å². The second-order valence-electron chi connectivity index (χ2n) is 9.02. The van der Waals surface area contributed by atoms with Gasteiger partial charge in [-0.25, -0.2) is 4.79 Å². The lowest BCUT2D eigenvalue weighted by atomic mass is 9.58. The highest BCUT2D eigenvalue weighted by Gasteiger charge is 2.77. The van der Waals surface area contributed by atoms with E-state index in [1.165, 1.54) is 14.2 Å². The molecular formula is C31H24O6. The van der Waals surface area contributed by atoms with Crippen LogP contribution in [0.1, 0.15) is 23.1 Å². The largest absolute Gasteiger partial charge is 0.468 e. The highest BCUT2D eigenvalue weighted by molar-refractivity contribution is 6.40. The smallest absolute Gasteiger partial charge is 0.341 e. The topological polar surface area (TPSA) is 86.7 Å². The van der Waals surface area contributed by atoms with Gasteiger partial charge < -0.3 is 9.47 Å². The van der Waals surface area contributed by atoms with Gasteiger partial charge in [-0.05, 0) is 28.3 Å². The van der Waals surface area contributed by atoms with E-state index in [0.29, 0.717) is 16.7 Å². The molecule has 0 N–H and O–H groups in total. The minimum absolute atomic E-state index is 0.00765. The van der Waals surface area contributed by atoms with Crippen molar-refractivity contribution in [3.8, 4) is 0 Å². The van der Waals surface area contributed by atoms with Crippen LogP contribution in [0.2, 0.25) is 0 Å². The summed E-state index contributed by atoms with van der Waals surface area (Å²) < 4.78 is 10.4. The van der Waals surface area contributed by atoms with Crippen molar-refractivity contribution < 1.29 is 28.7 Å². The highest BCUT2D eigenvalue weighted by Crippen LogP contribution is 2.68. The molecule has 0 radical (unpaired) electrons. The molecule has 37 heavy (non-hydrogen) atoms. The molecule has 0 heterocycles. The number of carbonyl (C=O) groups is 4. The number of fused-ring (bicyclic) bond motifs is 1. The summed E-state index contributed by atoms with van der Waals surface area (Å²) >= 11 is 0. The van der Waals surface area contributed by atoms with Crippen LogP contribution in [-0.2, 0) is 34.1 Å². The van der Waals surface area contributed by atoms with E-state index in [0.717, 1.165) is 0 Å². The number of allylic oxidation sites excluding steroid dienone is 1. The number of ether oxygens (including phenoxy) is 2. The molecule has 0 bridgehead atoms. The summed E-state index contributed by atoms with van der Waals surface area (Å²) in [6.07, 6.45) is 1.35. The number of benzene rings is 3. The molecule has 0 amide bonds. The SMILES string of the molecule is COC(=O)C1=C(c2ccccc2)[C@@]2(c3ccccc3)CC(=O)/C(=C\c3ccccc3)[C@@]2(C(=O)OC)C1=O. The molecule has 5 rings (SSSR count). The number of esters is 2. The third-order valence-corrected chi connectivity index (χ3v) is 7.34. The summed E-state index contributed by atoms with van der Waals surface area (Å²) in [5, 5.41) is 0. The van der Waals surface area contributed by atoms with Gasteiger partial charge >= 0.3 is 11.9 Å². The van der Waals surface area contributed by atoms with Gasteiger partial charge in [0.2, 0.25) is 0 Å². The van der Waals surface area contributed by atoms with Crippen molar-refractivity contribution in [1.82, 2.24) is 0 Å². The molecule has 6 heteroatoms. The minimum atomic E-state index is -2.12. The van der Waals surface area contributed by atoms with Crippen LogP contribution < -0.4 is 0 Å². The molecule has 3 aromatic rings. The van der Waals surface area contributed by atoms with Gasteiger partial charge in [0, 0.05) is 12.0 Å². The molecule has 2 aliphatic rings. The maximum Gasteiger partial charge on any atom is 0.341 e. The number of carbonyl (C=O) groups excluding carboxylic acids is 4. The molecule has 6 nitrogen and oxygen atoms in total. The summed E-state index contributed by atoms with van der Waals surface area (Å²) in [5.41, 5.74) is -1.90. The Morgan fingerprint density at radius 1 is 0.784 bits per heavy atom. The van der Waals surface area contributed by atoms with Gasteiger partial charge in [-0.3, -0.25) is 14.4 Å². The predicted molar refractivity (Wildman–Crippen MR) is 137 cm³/mol. The van der Waals surface area contributed by atoms with Crippen molar-refractivity contribution in [1.29, 1.82) is 0 Å². The summed E-state index contributed by atoms with van der Waals surface area (Å²) in [6, 6.07) is 26.7. The first-order chi connectivity index (χ1) is 17.9. The fourth-order valence-corrected chi connectivity index (χ4v) is 5.93. The number of hydrogen-bond acceptors (Lipinski definition) is 6. The molecular weight excluding hydrogens is 468 g/mol. The van der Waals surface area contributed by atoms with Gasteiger partial charge in [0.15, 0.2) is 17.0 Å². The Bertz CT molecular complexity index is 1470. The monoisotopic (exact) mass is 492 g/mol. The van der Waals surface area contributed by atoms with Crippen LogP contribution in [-0.4, -0.2) is 37.7 Å². The quantitative estimate of drug-likeness (QED) is 0.228. The standard InChI is InChI=1S/C31H24O6/c1-36-28(34)25-26(21-14-8-4-9-15-21)30(22-16-10-5-11-17-22)19-24(32)23(18-20-12-6-3-7-13-20)31(30,27(25)33)29(35)37-2/h3-18H,19H2,1-2H3/b23-18+/t30-,31-/m0/s1. The fraction of sp³-hybridized carbons (Fsp3) is 0.161. The molecule has 0 aliphatic heterocycles. The molecule has 184 valence electrons. The van der Waals surface area contributed by atoms with Crippen molar-refractivity contribution in [2.75, 3.05) is 14.2 Å². The Kier molecular flexibility index (Phi) is 5.96. The fourth-order valence-electron chi connectivity index (χ4n) is 5.93. The van der Waals surface area contributed by atoms with Crippen LogP contribution in [0.3, 0.4) is 0 Å². The van der Waals surface area contributed by atoms with Gasteiger partial charge in [0.1, 0.15) is 5.57 Å². The number of Topliss-reactive ketones (excluding diaryl/α,β-unsaturated/α-hetero) is 2. The average Bonchev–Trinajstić information content (AvgIpc) is 3.33. The van der Waals surface area contributed by atoms with Gasteiger partial charge in [-0.2, -0.15) is 0 Å². The maximum atomic E-state index is 14.6. The molecule has 0 aromatic heterocycles. The second kappa shape index (κ2) is 9.13. The van der Waals surface area contributed by atoms with Crippen LogP contribution in [0.4, 0.5) is 0 Å². The van der Waals surface area contributed by atoms with Gasteiger partial charge in [0.05, 0.1) is 19.6 Å². The third kappa shape index (κ3) is 3.25. The van der Waals surface area contributed by atoms with Crippen LogP contribution in [0.15, 0.2) is 102 Å². The Balaban J connectivity index is 1.98. The highest BCUT2D eigenvalue weighted by atomic mass is 16.5. The van der Waals surface area contributed by atoms with E-state index in [1.54, 1.807) is 84.9 Å². The van der Waals surface area contributed by atoms with Gasteiger partial charge in [0.25, 0.3) is 0 Å². The van der Waals surface area contributed by atoms with Crippen molar-refractivity contribution in [2.45, 2.75) is 11.8 Å². The van der Waals surface area contributed by atoms with E-state index >= 15 is 0 Å². The van der Waals surface area contributed by atoms with E-state index in [2.05, 4.69) is 0 Å². The lowest BCUT2D eigenvalue weighted by molar-refractivity contribution is -0.156. The Labute approximate surface area is 214 Å². The summed E-state index contributed by atoms with van der Waals surface area (Å²) in [4.78, 5) is 55.7. The molecule has 0 spiro atoms. The molecule has 0 unspecified atom stereocenters. The van der Waals surface area contributed by atoms with Crippen LogP contribution in [0, 0.1) is 5.41 Å². The second-order valence-corrected chi connectivity index (χ2v) is 9.02. The zero-order valence-electron chi connectivity index (χ0n) is 20.4. The third-order valence-electron chi connectivity index (χ3n) is 7.34. The molecule has 1 saturated carbocycles. The van der Waals surface area contributed by atoms with E-state index in [4.69, 9.17) is 9.47 Å². The van der Waals surface area contributed by atoms with Crippen molar-refractivity contribution in [2.24, 2.45) is 5.41 Å². The van der Waals surface area contributed by atoms with Crippen molar-refractivity contribution in [3.05, 3.63) is 119 Å². The van der Waals surface area contributed by atoms with Crippen LogP contribution in [0.5, 0.6) is 0 Å². The van der Waals surface area contributed by atoms with E-state index < -0.39 is 28.6 Å². The first-order valence-electron chi connectivity index (χ1n) is 11.8. The molecule has 1 fully saturated rings. The first-order valence-corrected chi connectivity index (χ1v) is 11.8.